The Hall–Kier alpha value is -0.660. The molecule has 0 aromatic heterocycles. The number of ether oxygens (including phenoxy) is 2. The topological polar surface area (TPSA) is 68.2 Å². The van der Waals surface area contributed by atoms with Gasteiger partial charge in [-0.25, -0.2) is 8.57 Å². The van der Waals surface area contributed by atoms with E-state index < -0.39 is 9.73 Å². The molecule has 1 unspecified atom stereocenters. The lowest BCUT2D eigenvalue weighted by atomic mass is 9.80. The summed E-state index contributed by atoms with van der Waals surface area (Å²) in [7, 11) is -0.428. The van der Waals surface area contributed by atoms with Crippen LogP contribution in [0, 0.1) is 5.92 Å². The van der Waals surface area contributed by atoms with E-state index in [1.54, 1.807) is 7.11 Å². The molecule has 7 heteroatoms. The third-order valence-electron chi connectivity index (χ3n) is 5.75. The van der Waals surface area contributed by atoms with Gasteiger partial charge in [0.05, 0.1) is 12.2 Å². The number of morpholine rings is 1. The van der Waals surface area contributed by atoms with Crippen LogP contribution in [0.15, 0.2) is 4.36 Å². The molecule has 1 spiro atoms. The van der Waals surface area contributed by atoms with Gasteiger partial charge in [0, 0.05) is 48.0 Å². The predicted octanol–water partition coefficient (Wildman–Crippen LogP) is 1.68. The summed E-state index contributed by atoms with van der Waals surface area (Å²) >= 11 is 0. The Morgan fingerprint density at radius 2 is 2.12 bits per heavy atom. The summed E-state index contributed by atoms with van der Waals surface area (Å²) in [6.07, 6.45) is 4.50. The van der Waals surface area contributed by atoms with E-state index in [2.05, 4.69) is 4.36 Å². The number of amides is 1. The third-order valence-corrected chi connectivity index (χ3v) is 8.17. The number of carbonyl (C=O) groups is 1. The zero-order chi connectivity index (χ0) is 17.2. The summed E-state index contributed by atoms with van der Waals surface area (Å²) < 4.78 is 28.5. The fourth-order valence-corrected chi connectivity index (χ4v) is 6.35. The standard InChI is InChI=1S/C17H30N2O4S/c1-3-18-24(21)11-7-17(8-12-24)13-19(9-10-23-17)16(20)15(22-2)14-5-4-6-14/h14-15H,3-13H2,1-2H3. The highest BCUT2D eigenvalue weighted by Crippen LogP contribution is 2.35. The van der Waals surface area contributed by atoms with E-state index >= 15 is 0 Å². The number of hydrogen-bond donors (Lipinski definition) is 0. The van der Waals surface area contributed by atoms with Crippen LogP contribution in [0.3, 0.4) is 0 Å². The molecular formula is C17H30N2O4S. The van der Waals surface area contributed by atoms with Gasteiger partial charge in [0.2, 0.25) is 0 Å². The lowest BCUT2D eigenvalue weighted by molar-refractivity contribution is -0.165. The Morgan fingerprint density at radius 1 is 1.42 bits per heavy atom. The Bertz CT molecular complexity index is 567. The van der Waals surface area contributed by atoms with Gasteiger partial charge >= 0.3 is 0 Å². The van der Waals surface area contributed by atoms with Crippen LogP contribution in [0.1, 0.15) is 39.0 Å². The maximum absolute atomic E-state index is 12.9. The highest BCUT2D eigenvalue weighted by molar-refractivity contribution is 7.93. The molecule has 1 aliphatic carbocycles. The summed E-state index contributed by atoms with van der Waals surface area (Å²) in [6, 6.07) is 0. The summed E-state index contributed by atoms with van der Waals surface area (Å²) in [5.41, 5.74) is -0.337. The smallest absolute Gasteiger partial charge is 0.252 e. The zero-order valence-electron chi connectivity index (χ0n) is 14.9. The molecule has 3 fully saturated rings. The lowest BCUT2D eigenvalue weighted by Crippen LogP contribution is -2.59. The van der Waals surface area contributed by atoms with Gasteiger partial charge in [-0.05, 0) is 38.5 Å². The maximum Gasteiger partial charge on any atom is 0.252 e. The van der Waals surface area contributed by atoms with Crippen molar-refractivity contribution >= 4 is 15.6 Å². The molecule has 1 amide bonds. The van der Waals surface area contributed by atoms with E-state index in [1.807, 2.05) is 11.8 Å². The summed E-state index contributed by atoms with van der Waals surface area (Å²) in [5, 5.41) is 0. The molecular weight excluding hydrogens is 328 g/mol. The van der Waals surface area contributed by atoms with Crippen LogP contribution in [0.4, 0.5) is 0 Å². The molecule has 3 rings (SSSR count). The van der Waals surface area contributed by atoms with Crippen molar-refractivity contribution in [1.29, 1.82) is 0 Å². The summed E-state index contributed by atoms with van der Waals surface area (Å²) in [4.78, 5) is 14.8. The Labute approximate surface area is 145 Å². The molecule has 0 N–H and O–H groups in total. The highest BCUT2D eigenvalue weighted by atomic mass is 32.2. The third kappa shape index (κ3) is 3.63. The van der Waals surface area contributed by atoms with Crippen LogP contribution in [0.2, 0.25) is 0 Å². The Kier molecular flexibility index (Phi) is 5.52. The minimum atomic E-state index is -2.07. The molecule has 0 aromatic carbocycles. The molecule has 1 saturated carbocycles. The van der Waals surface area contributed by atoms with Crippen LogP contribution in [-0.2, 0) is 24.0 Å². The molecule has 3 aliphatic rings. The van der Waals surface area contributed by atoms with Crippen LogP contribution in [-0.4, -0.2) is 71.6 Å². The van der Waals surface area contributed by atoms with E-state index in [4.69, 9.17) is 9.47 Å². The Balaban J connectivity index is 1.65. The van der Waals surface area contributed by atoms with Gasteiger partial charge in [-0.1, -0.05) is 6.42 Å². The first-order chi connectivity index (χ1) is 11.5. The monoisotopic (exact) mass is 358 g/mol. The van der Waals surface area contributed by atoms with Crippen molar-refractivity contribution in [3.8, 4) is 0 Å². The van der Waals surface area contributed by atoms with Crippen LogP contribution < -0.4 is 0 Å². The number of rotatable bonds is 4. The second-order valence-corrected chi connectivity index (χ2v) is 9.88. The van der Waals surface area contributed by atoms with Crippen molar-refractivity contribution in [2.45, 2.75) is 50.7 Å². The number of methoxy groups -OCH3 is 1. The van der Waals surface area contributed by atoms with Gasteiger partial charge in [-0.15, -0.1) is 0 Å². The van der Waals surface area contributed by atoms with Crippen molar-refractivity contribution in [1.82, 2.24) is 4.90 Å². The normalized spacial score (nSPS) is 35.5. The van der Waals surface area contributed by atoms with Crippen LogP contribution in [0.25, 0.3) is 0 Å². The molecule has 0 aromatic rings. The van der Waals surface area contributed by atoms with Gasteiger partial charge < -0.3 is 14.4 Å². The van der Waals surface area contributed by atoms with Crippen molar-refractivity contribution in [3.05, 3.63) is 0 Å². The van der Waals surface area contributed by atoms with Crippen molar-refractivity contribution < 1.29 is 18.5 Å². The van der Waals surface area contributed by atoms with Crippen molar-refractivity contribution in [3.63, 3.8) is 0 Å². The van der Waals surface area contributed by atoms with Gasteiger partial charge in [-0.3, -0.25) is 4.79 Å². The molecule has 2 heterocycles. The first kappa shape index (κ1) is 18.1. The first-order valence-electron chi connectivity index (χ1n) is 9.15. The van der Waals surface area contributed by atoms with E-state index in [1.165, 1.54) is 6.42 Å². The molecule has 2 aliphatic heterocycles. The van der Waals surface area contributed by atoms with E-state index in [0.29, 0.717) is 43.7 Å². The largest absolute Gasteiger partial charge is 0.371 e. The zero-order valence-corrected chi connectivity index (χ0v) is 15.7. The van der Waals surface area contributed by atoms with Crippen molar-refractivity contribution in [2.75, 3.05) is 44.9 Å². The minimum absolute atomic E-state index is 0.106. The number of hydrogen-bond acceptors (Lipinski definition) is 5. The minimum Gasteiger partial charge on any atom is -0.371 e. The summed E-state index contributed by atoms with van der Waals surface area (Å²) in [5.74, 6) is 1.64. The molecule has 2 saturated heterocycles. The quantitative estimate of drug-likeness (QED) is 0.767. The maximum atomic E-state index is 12.9. The number of carbonyl (C=O) groups excluding carboxylic acids is 1. The van der Waals surface area contributed by atoms with E-state index in [9.17, 15) is 9.00 Å². The van der Waals surface area contributed by atoms with E-state index in [-0.39, 0.29) is 17.6 Å². The molecule has 24 heavy (non-hydrogen) atoms. The van der Waals surface area contributed by atoms with Gasteiger partial charge in [0.25, 0.3) is 5.91 Å². The second kappa shape index (κ2) is 7.30. The second-order valence-electron chi connectivity index (χ2n) is 7.26. The van der Waals surface area contributed by atoms with Crippen LogP contribution in [0.5, 0.6) is 0 Å². The van der Waals surface area contributed by atoms with Gasteiger partial charge in [0.15, 0.2) is 0 Å². The fraction of sp³-hybridized carbons (Fsp3) is 0.941. The number of nitrogens with zero attached hydrogens (tertiary/aromatic N) is 2. The average Bonchev–Trinajstić information content (AvgIpc) is 2.54. The molecule has 0 radical (unpaired) electrons. The molecule has 0 bridgehead atoms. The SMILES string of the molecule is CCN=S1(=O)CCC2(CC1)CN(C(=O)C(OC)C1CCC1)CCO2. The Morgan fingerprint density at radius 3 is 2.67 bits per heavy atom. The first-order valence-corrected chi connectivity index (χ1v) is 11.0. The van der Waals surface area contributed by atoms with E-state index in [0.717, 1.165) is 25.7 Å². The average molecular weight is 359 g/mol. The summed E-state index contributed by atoms with van der Waals surface area (Å²) in [6.45, 7) is 4.31. The fourth-order valence-electron chi connectivity index (χ4n) is 4.04. The van der Waals surface area contributed by atoms with Crippen molar-refractivity contribution in [2.24, 2.45) is 10.3 Å². The predicted molar refractivity (Wildman–Crippen MR) is 93.5 cm³/mol. The van der Waals surface area contributed by atoms with Gasteiger partial charge in [-0.2, -0.15) is 0 Å². The molecule has 6 nitrogen and oxygen atoms in total. The molecule has 138 valence electrons. The lowest BCUT2D eigenvalue weighted by Gasteiger charge is -2.46. The highest BCUT2D eigenvalue weighted by Gasteiger charge is 2.44. The molecule has 1 atom stereocenters. The van der Waals surface area contributed by atoms with Gasteiger partial charge in [0.1, 0.15) is 6.10 Å². The van der Waals surface area contributed by atoms with Crippen LogP contribution >= 0.6 is 0 Å².